The number of aromatic nitrogens is 3. The van der Waals surface area contributed by atoms with E-state index in [1.54, 1.807) is 36.4 Å². The van der Waals surface area contributed by atoms with Gasteiger partial charge < -0.3 is 0 Å². The van der Waals surface area contributed by atoms with Crippen molar-refractivity contribution in [3.63, 3.8) is 0 Å². The number of hydrogen-bond acceptors (Lipinski definition) is 6. The van der Waals surface area contributed by atoms with Gasteiger partial charge in [-0.15, -0.1) is 0 Å². The average molecular weight is 489 g/mol. The van der Waals surface area contributed by atoms with E-state index in [-0.39, 0.29) is 5.13 Å². The van der Waals surface area contributed by atoms with Gasteiger partial charge in [0.15, 0.2) is 5.13 Å². The molecule has 4 rings (SSSR count). The van der Waals surface area contributed by atoms with Gasteiger partial charge in [0, 0.05) is 21.6 Å². The lowest BCUT2D eigenvalue weighted by Gasteiger charge is -1.99. The smallest absolute Gasteiger partial charge is 0.281 e. The molecule has 0 aliphatic heterocycles. The van der Waals surface area contributed by atoms with Crippen molar-refractivity contribution in [3.05, 3.63) is 62.4 Å². The van der Waals surface area contributed by atoms with Gasteiger partial charge in [0.05, 0.1) is 10.2 Å². The maximum absolute atomic E-state index is 12.8. The van der Waals surface area contributed by atoms with E-state index in [1.807, 2.05) is 6.07 Å². The summed E-state index contributed by atoms with van der Waals surface area (Å²) in [6.07, 6.45) is 0. The maximum atomic E-state index is 12.8. The van der Waals surface area contributed by atoms with Gasteiger partial charge in [0.1, 0.15) is 0 Å². The number of H-pyrrole nitrogens is 1. The number of nitrogens with one attached hydrogen (secondary N) is 2. The lowest BCUT2D eigenvalue weighted by atomic mass is 10.3. The van der Waals surface area contributed by atoms with E-state index in [2.05, 4.69) is 35.4 Å². The predicted molar refractivity (Wildman–Crippen MR) is 104 cm³/mol. The van der Waals surface area contributed by atoms with Gasteiger partial charge >= 0.3 is 20.7 Å². The molecule has 2 aromatic carbocycles. The van der Waals surface area contributed by atoms with Gasteiger partial charge in [0.25, 0.3) is 0 Å². The molecule has 0 unspecified atom stereocenters. The molecular formula is C15H9BrClN4O4S2+. The molecule has 138 valence electrons. The second-order valence-corrected chi connectivity index (χ2v) is 9.31. The lowest BCUT2D eigenvalue weighted by Crippen LogP contribution is -2.42. The first-order valence-electron chi connectivity index (χ1n) is 7.32. The normalized spacial score (nSPS) is 11.8. The van der Waals surface area contributed by atoms with Crippen molar-refractivity contribution in [2.24, 2.45) is 0 Å². The third kappa shape index (κ3) is 3.50. The number of sulfonamides is 1. The second kappa shape index (κ2) is 6.75. The van der Waals surface area contributed by atoms with E-state index in [4.69, 9.17) is 11.6 Å². The van der Waals surface area contributed by atoms with Crippen LogP contribution >= 0.6 is 38.9 Å². The summed E-state index contributed by atoms with van der Waals surface area (Å²) >= 11 is 10.3. The van der Waals surface area contributed by atoms with Crippen LogP contribution in [0.1, 0.15) is 0 Å². The van der Waals surface area contributed by atoms with Crippen molar-refractivity contribution in [1.29, 1.82) is 0 Å². The summed E-state index contributed by atoms with van der Waals surface area (Å²) < 4.78 is 35.3. The van der Waals surface area contributed by atoms with Crippen LogP contribution in [0, 0.1) is 0 Å². The predicted octanol–water partition coefficient (Wildman–Crippen LogP) is 3.07. The summed E-state index contributed by atoms with van der Waals surface area (Å²) in [5, 5.41) is 2.27. The maximum Gasteiger partial charge on any atom is 0.449 e. The standard InChI is InChI=1S/C15H8BrClN4O4S2/c16-8-1-6-11-12(7-8)26-15(18-11)19-27(23,24)13-14(22)25-20-21(13)10-4-2-9(17)3-5-10/h1-7H,(H-,18,19,20,22)/p+1. The number of hydrogen-bond donors (Lipinski definition) is 2. The van der Waals surface area contributed by atoms with Crippen molar-refractivity contribution in [2.45, 2.75) is 5.03 Å². The number of nitrogens with zero attached hydrogens (tertiary/aromatic N) is 2. The monoisotopic (exact) mass is 487 g/mol. The largest absolute Gasteiger partial charge is 0.449 e. The minimum absolute atomic E-state index is 0.131. The topological polar surface area (TPSA) is 109 Å². The second-order valence-electron chi connectivity index (χ2n) is 5.33. The number of benzene rings is 2. The fraction of sp³-hybridized carbons (Fsp3) is 0. The number of halogens is 2. The highest BCUT2D eigenvalue weighted by Gasteiger charge is 2.37. The van der Waals surface area contributed by atoms with Crippen molar-refractivity contribution in [1.82, 2.24) is 10.3 Å². The van der Waals surface area contributed by atoms with Crippen molar-refractivity contribution < 1.29 is 17.6 Å². The highest BCUT2D eigenvalue weighted by atomic mass is 79.9. The minimum atomic E-state index is -4.27. The van der Waals surface area contributed by atoms with Crippen molar-refractivity contribution >= 4 is 64.2 Å². The van der Waals surface area contributed by atoms with Crippen LogP contribution in [0.15, 0.2) is 61.3 Å². The summed E-state index contributed by atoms with van der Waals surface area (Å²) in [5.74, 6) is 0. The SMILES string of the molecule is O=c1o[nH][n+](-c2ccc(Cl)cc2)c1S(=O)(=O)Nc1nc2ccc(Br)cc2s1. The van der Waals surface area contributed by atoms with E-state index >= 15 is 0 Å². The number of fused-ring (bicyclic) bond motifs is 1. The van der Waals surface area contributed by atoms with Gasteiger partial charge in [-0.1, -0.05) is 38.9 Å². The quantitative estimate of drug-likeness (QED) is 0.429. The molecule has 0 fully saturated rings. The van der Waals surface area contributed by atoms with Crippen LogP contribution in [0.25, 0.3) is 15.9 Å². The van der Waals surface area contributed by atoms with Crippen LogP contribution in [0.4, 0.5) is 5.13 Å². The van der Waals surface area contributed by atoms with Gasteiger partial charge in [-0.2, -0.15) is 8.42 Å². The minimum Gasteiger partial charge on any atom is -0.281 e. The van der Waals surface area contributed by atoms with Gasteiger partial charge in [0.2, 0.25) is 5.69 Å². The fourth-order valence-electron chi connectivity index (χ4n) is 2.36. The third-order valence-corrected chi connectivity index (χ3v) is 6.65. The van der Waals surface area contributed by atoms with E-state index in [0.717, 1.165) is 25.2 Å². The fourth-order valence-corrected chi connectivity index (χ4v) is 5.27. The molecule has 0 saturated heterocycles. The molecule has 4 aromatic rings. The Labute approximate surface area is 169 Å². The van der Waals surface area contributed by atoms with Crippen LogP contribution < -0.4 is 15.0 Å². The van der Waals surface area contributed by atoms with Gasteiger partial charge in [-0.05, 0) is 40.3 Å². The van der Waals surface area contributed by atoms with E-state index in [1.165, 1.54) is 0 Å². The lowest BCUT2D eigenvalue weighted by molar-refractivity contribution is -0.705. The first-order valence-corrected chi connectivity index (χ1v) is 10.8. The van der Waals surface area contributed by atoms with E-state index < -0.39 is 20.7 Å². The number of thiazole rings is 1. The molecule has 0 spiro atoms. The van der Waals surface area contributed by atoms with Crippen molar-refractivity contribution in [2.75, 3.05) is 4.72 Å². The summed E-state index contributed by atoms with van der Waals surface area (Å²) in [6.45, 7) is 0. The highest BCUT2D eigenvalue weighted by molar-refractivity contribution is 9.10. The highest BCUT2D eigenvalue weighted by Crippen LogP contribution is 2.29. The molecule has 2 aromatic heterocycles. The van der Waals surface area contributed by atoms with Crippen LogP contribution in [0.5, 0.6) is 0 Å². The van der Waals surface area contributed by atoms with Crippen LogP contribution in [0.3, 0.4) is 0 Å². The Morgan fingerprint density at radius 2 is 1.96 bits per heavy atom. The molecule has 8 nitrogen and oxygen atoms in total. The zero-order chi connectivity index (χ0) is 19.2. The Morgan fingerprint density at radius 3 is 2.70 bits per heavy atom. The first kappa shape index (κ1) is 18.2. The summed E-state index contributed by atoms with van der Waals surface area (Å²) in [4.78, 5) is 16.3. The Balaban J connectivity index is 1.76. The van der Waals surface area contributed by atoms with Gasteiger partial charge in [-0.25, -0.2) is 14.5 Å². The van der Waals surface area contributed by atoms with E-state index in [0.29, 0.717) is 16.2 Å². The summed E-state index contributed by atoms with van der Waals surface area (Å²) in [5.41, 5.74) is -0.0484. The number of rotatable bonds is 4. The zero-order valence-corrected chi connectivity index (χ0v) is 17.1. The number of aromatic amines is 1. The van der Waals surface area contributed by atoms with Crippen molar-refractivity contribution in [3.8, 4) is 5.69 Å². The Kier molecular flexibility index (Phi) is 4.54. The summed E-state index contributed by atoms with van der Waals surface area (Å²) in [6, 6.07) is 11.6. The zero-order valence-electron chi connectivity index (χ0n) is 13.1. The van der Waals surface area contributed by atoms with E-state index in [9.17, 15) is 13.2 Å². The summed E-state index contributed by atoms with van der Waals surface area (Å²) in [7, 11) is -4.27. The average Bonchev–Trinajstić information content (AvgIpc) is 3.18. The van der Waals surface area contributed by atoms with Crippen LogP contribution in [0.2, 0.25) is 5.02 Å². The molecule has 0 atom stereocenters. The molecule has 0 radical (unpaired) electrons. The van der Waals surface area contributed by atoms with Crippen LogP contribution in [-0.4, -0.2) is 18.7 Å². The molecular weight excluding hydrogens is 480 g/mol. The molecule has 0 amide bonds. The first-order chi connectivity index (χ1) is 12.8. The molecule has 12 heteroatoms. The van der Waals surface area contributed by atoms with Gasteiger partial charge in [-0.3, -0.25) is 4.52 Å². The molecule has 2 heterocycles. The molecule has 27 heavy (non-hydrogen) atoms. The van der Waals surface area contributed by atoms with Crippen LogP contribution in [-0.2, 0) is 10.0 Å². The molecule has 2 N–H and O–H groups in total. The molecule has 0 bridgehead atoms. The molecule has 0 saturated carbocycles. The Morgan fingerprint density at radius 1 is 1.22 bits per heavy atom. The Hall–Kier alpha value is -2.21. The molecule has 0 aliphatic rings. The number of anilines is 1. The Bertz CT molecular complexity index is 1310. The molecule has 0 aliphatic carbocycles. The third-order valence-electron chi connectivity index (χ3n) is 3.52.